The lowest BCUT2D eigenvalue weighted by atomic mass is 10.1. The van der Waals surface area contributed by atoms with Crippen molar-refractivity contribution in [2.75, 3.05) is 21.3 Å². The molecule has 0 saturated carbocycles. The van der Waals surface area contributed by atoms with Crippen LogP contribution in [0.1, 0.15) is 30.4 Å². The largest absolute Gasteiger partial charge is 0.497 e. The molecule has 1 amide bonds. The highest BCUT2D eigenvalue weighted by atomic mass is 16.5. The Morgan fingerprint density at radius 3 is 2.53 bits per heavy atom. The predicted molar refractivity (Wildman–Crippen MR) is 120 cm³/mol. The lowest BCUT2D eigenvalue weighted by molar-refractivity contribution is -0.138. The molecule has 0 unspecified atom stereocenters. The predicted octanol–water partition coefficient (Wildman–Crippen LogP) is 4.19. The van der Waals surface area contributed by atoms with Gasteiger partial charge >= 0.3 is 0 Å². The van der Waals surface area contributed by atoms with E-state index in [-0.39, 0.29) is 12.5 Å². The number of methoxy groups -OCH3 is 2. The molecule has 0 saturated heterocycles. The van der Waals surface area contributed by atoms with E-state index < -0.39 is 6.10 Å². The Balaban J connectivity index is 1.71. The second-order valence-corrected chi connectivity index (χ2v) is 7.56. The van der Waals surface area contributed by atoms with Crippen LogP contribution in [0, 0.1) is 13.8 Å². The number of ether oxygens (including phenoxy) is 3. The summed E-state index contributed by atoms with van der Waals surface area (Å²) in [5.41, 5.74) is 2.81. The minimum Gasteiger partial charge on any atom is -0.497 e. The van der Waals surface area contributed by atoms with Gasteiger partial charge in [0.1, 0.15) is 17.2 Å². The highest BCUT2D eigenvalue weighted by Gasteiger charge is 2.25. The molecular formula is C24H29N3O5. The number of nitrogens with zero attached hydrogens (tertiary/aromatic N) is 3. The van der Waals surface area contributed by atoms with Crippen molar-refractivity contribution < 1.29 is 23.5 Å². The van der Waals surface area contributed by atoms with Crippen molar-refractivity contribution in [2.45, 2.75) is 39.8 Å². The summed E-state index contributed by atoms with van der Waals surface area (Å²) in [5.74, 6) is 2.46. The molecule has 2 aromatic carbocycles. The minimum absolute atomic E-state index is 0.158. The number of aromatic nitrogens is 2. The van der Waals surface area contributed by atoms with Gasteiger partial charge in [-0.2, -0.15) is 4.98 Å². The molecule has 0 aliphatic carbocycles. The summed E-state index contributed by atoms with van der Waals surface area (Å²) in [6.07, 6.45) is -0.0697. The van der Waals surface area contributed by atoms with Crippen LogP contribution in [0.4, 0.5) is 0 Å². The maximum atomic E-state index is 13.0. The van der Waals surface area contributed by atoms with Crippen molar-refractivity contribution >= 4 is 5.91 Å². The highest BCUT2D eigenvalue weighted by Crippen LogP contribution is 2.31. The van der Waals surface area contributed by atoms with E-state index in [1.807, 2.05) is 39.0 Å². The van der Waals surface area contributed by atoms with Crippen molar-refractivity contribution in [3.05, 3.63) is 53.4 Å². The van der Waals surface area contributed by atoms with Gasteiger partial charge < -0.3 is 23.6 Å². The summed E-state index contributed by atoms with van der Waals surface area (Å²) in [6, 6.07) is 11.2. The normalized spacial score (nSPS) is 11.7. The Kier molecular flexibility index (Phi) is 7.35. The van der Waals surface area contributed by atoms with Crippen LogP contribution in [0.15, 0.2) is 40.9 Å². The molecule has 0 N–H and O–H groups in total. The summed E-state index contributed by atoms with van der Waals surface area (Å²) in [6.45, 7) is 6.07. The third-order valence-corrected chi connectivity index (χ3v) is 5.11. The molecule has 3 rings (SSSR count). The van der Waals surface area contributed by atoms with Gasteiger partial charge in [0, 0.05) is 13.1 Å². The van der Waals surface area contributed by atoms with Crippen LogP contribution in [0.2, 0.25) is 0 Å². The molecule has 0 aliphatic rings. The smallest absolute Gasteiger partial charge is 0.263 e. The first kappa shape index (κ1) is 23.1. The molecule has 0 fully saturated rings. The monoisotopic (exact) mass is 439 g/mol. The van der Waals surface area contributed by atoms with Gasteiger partial charge in [0.25, 0.3) is 5.91 Å². The first-order chi connectivity index (χ1) is 15.4. The fraction of sp³-hybridized carbons (Fsp3) is 0.375. The molecule has 8 nitrogen and oxygen atoms in total. The highest BCUT2D eigenvalue weighted by molar-refractivity contribution is 5.81. The average Bonchev–Trinajstić information content (AvgIpc) is 3.25. The van der Waals surface area contributed by atoms with Gasteiger partial charge in [-0.1, -0.05) is 29.8 Å². The minimum atomic E-state index is -0.606. The van der Waals surface area contributed by atoms with Crippen LogP contribution in [-0.2, 0) is 11.3 Å². The number of amides is 1. The van der Waals surface area contributed by atoms with E-state index >= 15 is 0 Å². The molecule has 0 aliphatic heterocycles. The molecule has 32 heavy (non-hydrogen) atoms. The van der Waals surface area contributed by atoms with E-state index in [0.717, 1.165) is 11.1 Å². The van der Waals surface area contributed by atoms with E-state index in [9.17, 15) is 4.79 Å². The lowest BCUT2D eigenvalue weighted by Gasteiger charge is -2.23. The Labute approximate surface area is 188 Å². The molecule has 0 bridgehead atoms. The maximum absolute atomic E-state index is 13.0. The van der Waals surface area contributed by atoms with Gasteiger partial charge in [-0.25, -0.2) is 0 Å². The molecule has 8 heteroatoms. The van der Waals surface area contributed by atoms with Crippen molar-refractivity contribution in [3.63, 3.8) is 0 Å². The summed E-state index contributed by atoms with van der Waals surface area (Å²) in [5, 5.41) is 4.04. The van der Waals surface area contributed by atoms with E-state index in [1.54, 1.807) is 39.5 Å². The van der Waals surface area contributed by atoms with Crippen LogP contribution in [0.3, 0.4) is 0 Å². The first-order valence-corrected chi connectivity index (χ1v) is 10.4. The number of carbonyl (C=O) groups is 1. The summed E-state index contributed by atoms with van der Waals surface area (Å²) in [7, 11) is 4.84. The number of benzene rings is 2. The molecule has 170 valence electrons. The summed E-state index contributed by atoms with van der Waals surface area (Å²) >= 11 is 0. The van der Waals surface area contributed by atoms with Crippen molar-refractivity contribution in [2.24, 2.45) is 0 Å². The molecule has 3 aromatic rings. The molecular weight excluding hydrogens is 410 g/mol. The average molecular weight is 440 g/mol. The second kappa shape index (κ2) is 10.2. The first-order valence-electron chi connectivity index (χ1n) is 10.4. The van der Waals surface area contributed by atoms with E-state index in [1.165, 1.54) is 4.90 Å². The fourth-order valence-electron chi connectivity index (χ4n) is 3.33. The molecule has 1 heterocycles. The third kappa shape index (κ3) is 5.19. The quantitative estimate of drug-likeness (QED) is 0.494. The Morgan fingerprint density at radius 2 is 1.88 bits per heavy atom. The number of carbonyl (C=O) groups excluding carboxylic acids is 1. The van der Waals surface area contributed by atoms with Crippen molar-refractivity contribution in [3.8, 4) is 28.6 Å². The van der Waals surface area contributed by atoms with Gasteiger partial charge in [0.15, 0.2) is 6.10 Å². The summed E-state index contributed by atoms with van der Waals surface area (Å²) < 4.78 is 22.0. The zero-order chi connectivity index (χ0) is 23.3. The van der Waals surface area contributed by atoms with Gasteiger partial charge in [-0.3, -0.25) is 4.79 Å². The summed E-state index contributed by atoms with van der Waals surface area (Å²) in [4.78, 5) is 18.9. The van der Waals surface area contributed by atoms with E-state index in [4.69, 9.17) is 18.7 Å². The Bertz CT molecular complexity index is 1080. The number of aryl methyl sites for hydroxylation is 2. The van der Waals surface area contributed by atoms with Gasteiger partial charge in [-0.15, -0.1) is 0 Å². The van der Waals surface area contributed by atoms with E-state index in [0.29, 0.717) is 40.9 Å². The Morgan fingerprint density at radius 1 is 1.09 bits per heavy atom. The number of hydrogen-bond donors (Lipinski definition) is 0. The molecule has 0 spiro atoms. The van der Waals surface area contributed by atoms with Gasteiger partial charge in [0.05, 0.1) is 26.3 Å². The van der Waals surface area contributed by atoms with Crippen molar-refractivity contribution in [1.82, 2.24) is 15.0 Å². The SMILES string of the molecule is CC[C@H](Oc1ccc(C)cc1C)C(=O)N(C)Cc1nc(-c2ccc(OC)cc2OC)no1. The lowest BCUT2D eigenvalue weighted by Crippen LogP contribution is -2.39. The fourth-order valence-corrected chi connectivity index (χ4v) is 3.33. The van der Waals surface area contributed by atoms with Crippen LogP contribution in [-0.4, -0.2) is 48.3 Å². The van der Waals surface area contributed by atoms with Gasteiger partial charge in [-0.05, 0) is 44.0 Å². The zero-order valence-electron chi connectivity index (χ0n) is 19.3. The molecule has 0 radical (unpaired) electrons. The maximum Gasteiger partial charge on any atom is 0.263 e. The number of rotatable bonds is 9. The third-order valence-electron chi connectivity index (χ3n) is 5.11. The topological polar surface area (TPSA) is 86.9 Å². The number of hydrogen-bond acceptors (Lipinski definition) is 7. The molecule has 1 aromatic heterocycles. The van der Waals surface area contributed by atoms with Crippen LogP contribution < -0.4 is 14.2 Å². The van der Waals surface area contributed by atoms with Crippen LogP contribution in [0.5, 0.6) is 17.2 Å². The standard InChI is InChI=1S/C24H29N3O5/c1-7-19(31-20-11-8-15(2)12-16(20)3)24(28)27(4)14-22-25-23(26-32-22)18-10-9-17(29-5)13-21(18)30-6/h8-13,19H,7,14H2,1-6H3/t19-/m0/s1. The second-order valence-electron chi connectivity index (χ2n) is 7.56. The Hall–Kier alpha value is -3.55. The van der Waals surface area contributed by atoms with Crippen LogP contribution in [0.25, 0.3) is 11.4 Å². The zero-order valence-corrected chi connectivity index (χ0v) is 19.3. The number of likely N-dealkylation sites (N-methyl/N-ethyl adjacent to an activating group) is 1. The van der Waals surface area contributed by atoms with E-state index in [2.05, 4.69) is 10.1 Å². The molecule has 1 atom stereocenters. The van der Waals surface area contributed by atoms with Crippen LogP contribution >= 0.6 is 0 Å². The van der Waals surface area contributed by atoms with Gasteiger partial charge in [0.2, 0.25) is 11.7 Å². The van der Waals surface area contributed by atoms with Crippen molar-refractivity contribution in [1.29, 1.82) is 0 Å².